The van der Waals surface area contributed by atoms with Crippen molar-refractivity contribution in [3.05, 3.63) is 60.3 Å². The first kappa shape index (κ1) is 18.5. The van der Waals surface area contributed by atoms with E-state index in [1.165, 1.54) is 12.1 Å². The molecule has 3 rings (SSSR count). The molecule has 0 bridgehead atoms. The van der Waals surface area contributed by atoms with Crippen LogP contribution in [0.2, 0.25) is 0 Å². The second-order valence-corrected chi connectivity index (χ2v) is 6.44. The molecule has 10 heteroatoms. The summed E-state index contributed by atoms with van der Waals surface area (Å²) < 4.78 is 7.58. The van der Waals surface area contributed by atoms with Gasteiger partial charge in [-0.05, 0) is 13.8 Å². The maximum absolute atomic E-state index is 12.1. The zero-order chi connectivity index (χ0) is 19.7. The molecule has 0 radical (unpaired) electrons. The Morgan fingerprint density at radius 3 is 2.70 bits per heavy atom. The minimum absolute atomic E-state index is 0.0575. The van der Waals surface area contributed by atoms with Crippen molar-refractivity contribution < 1.29 is 19.3 Å². The molecule has 142 valence electrons. The Balaban J connectivity index is 2.13. The lowest BCUT2D eigenvalue weighted by Gasteiger charge is -2.21. The van der Waals surface area contributed by atoms with E-state index in [0.29, 0.717) is 17.8 Å². The van der Waals surface area contributed by atoms with Crippen LogP contribution in [0.1, 0.15) is 25.0 Å². The van der Waals surface area contributed by atoms with E-state index >= 15 is 0 Å². The lowest BCUT2D eigenvalue weighted by Crippen LogP contribution is -2.35. The standard InChI is InChI=1S/C17H18N4O6/c1-9-7-20(8-10(2)27-9)14-4-3-12(21(25)26)5-11(14)6-13-15(22)18-17(24)19-16(13)23/h3-5,7,9-10H,6,8H2,1-2H3,(H2-,18,19,22,23,24)/p+1/t9-,10-/m1/s1. The molecule has 0 spiro atoms. The smallest absolute Gasteiger partial charge is 0.328 e. The normalized spacial score (nSPS) is 19.6. The van der Waals surface area contributed by atoms with Gasteiger partial charge in [-0.25, -0.2) is 4.79 Å². The van der Waals surface area contributed by atoms with Crippen molar-refractivity contribution in [2.45, 2.75) is 32.5 Å². The number of aromatic nitrogens is 2. The maximum Gasteiger partial charge on any atom is 0.328 e. The number of ether oxygens (including phenoxy) is 1. The molecule has 1 aliphatic heterocycles. The van der Waals surface area contributed by atoms with Crippen molar-refractivity contribution in [3.63, 3.8) is 0 Å². The van der Waals surface area contributed by atoms with Crippen LogP contribution in [0.15, 0.2) is 27.8 Å². The Labute approximate surface area is 152 Å². The van der Waals surface area contributed by atoms with E-state index in [1.54, 1.807) is 6.07 Å². The molecule has 1 aliphatic rings. The van der Waals surface area contributed by atoms with Crippen LogP contribution in [0, 0.1) is 10.1 Å². The summed E-state index contributed by atoms with van der Waals surface area (Å²) in [6, 6.07) is 4.35. The molecular weight excluding hydrogens is 356 g/mol. The lowest BCUT2D eigenvalue weighted by molar-refractivity contribution is -0.464. The van der Waals surface area contributed by atoms with Crippen molar-refractivity contribution in [2.24, 2.45) is 0 Å². The average molecular weight is 375 g/mol. The second-order valence-electron chi connectivity index (χ2n) is 6.44. The van der Waals surface area contributed by atoms with E-state index in [2.05, 4.69) is 4.98 Å². The topological polar surface area (TPSA) is 141 Å². The predicted molar refractivity (Wildman–Crippen MR) is 96.1 cm³/mol. The van der Waals surface area contributed by atoms with Gasteiger partial charge in [-0.3, -0.25) is 24.9 Å². The number of aromatic hydroxyl groups is 1. The zero-order valence-corrected chi connectivity index (χ0v) is 14.8. The average Bonchev–Trinajstić information content (AvgIpc) is 2.57. The number of nitro groups is 1. The van der Waals surface area contributed by atoms with Crippen molar-refractivity contribution in [2.75, 3.05) is 6.54 Å². The second kappa shape index (κ2) is 7.16. The van der Waals surface area contributed by atoms with Gasteiger partial charge in [0.2, 0.25) is 11.6 Å². The van der Waals surface area contributed by atoms with E-state index in [4.69, 9.17) is 4.74 Å². The number of nitrogens with one attached hydrogen (secondary N) is 2. The van der Waals surface area contributed by atoms with Crippen molar-refractivity contribution in [1.82, 2.24) is 9.97 Å². The van der Waals surface area contributed by atoms with Gasteiger partial charge in [0.15, 0.2) is 12.8 Å². The molecule has 27 heavy (non-hydrogen) atoms. The van der Waals surface area contributed by atoms with Crippen LogP contribution >= 0.6 is 0 Å². The zero-order valence-electron chi connectivity index (χ0n) is 14.8. The van der Waals surface area contributed by atoms with Crippen LogP contribution < -0.4 is 11.2 Å². The van der Waals surface area contributed by atoms with Crippen LogP contribution in [0.5, 0.6) is 5.88 Å². The van der Waals surface area contributed by atoms with Crippen LogP contribution in [-0.4, -0.2) is 49.5 Å². The van der Waals surface area contributed by atoms with Crippen LogP contribution in [0.25, 0.3) is 0 Å². The van der Waals surface area contributed by atoms with Gasteiger partial charge in [0.25, 0.3) is 11.2 Å². The van der Waals surface area contributed by atoms with E-state index in [9.17, 15) is 24.8 Å². The summed E-state index contributed by atoms with van der Waals surface area (Å²) in [4.78, 5) is 38.1. The fraction of sp³-hybridized carbons (Fsp3) is 0.353. The number of H-pyrrole nitrogens is 2. The summed E-state index contributed by atoms with van der Waals surface area (Å²) in [6.45, 7) is 4.33. The van der Waals surface area contributed by atoms with E-state index in [1.807, 2.05) is 29.6 Å². The van der Waals surface area contributed by atoms with Gasteiger partial charge in [0.1, 0.15) is 12.2 Å². The molecule has 0 aliphatic carbocycles. The quantitative estimate of drug-likeness (QED) is 0.410. The summed E-state index contributed by atoms with van der Waals surface area (Å²) in [5.74, 6) is -0.561. The Morgan fingerprint density at radius 1 is 1.33 bits per heavy atom. The number of nitro benzene ring substituents is 1. The van der Waals surface area contributed by atoms with Gasteiger partial charge in [0, 0.05) is 30.2 Å². The molecule has 2 atom stereocenters. The third-order valence-electron chi connectivity index (χ3n) is 4.26. The first-order valence-electron chi connectivity index (χ1n) is 8.33. The molecule has 10 nitrogen and oxygen atoms in total. The first-order chi connectivity index (χ1) is 12.7. The largest absolute Gasteiger partial charge is 0.494 e. The molecule has 3 N–H and O–H groups in total. The van der Waals surface area contributed by atoms with Gasteiger partial charge in [0.05, 0.1) is 10.5 Å². The van der Waals surface area contributed by atoms with Crippen LogP contribution in [-0.2, 0) is 11.2 Å². The highest BCUT2D eigenvalue weighted by Crippen LogP contribution is 2.28. The highest BCUT2D eigenvalue weighted by atomic mass is 16.6. The molecule has 0 unspecified atom stereocenters. The molecule has 0 amide bonds. The highest BCUT2D eigenvalue weighted by Gasteiger charge is 2.28. The summed E-state index contributed by atoms with van der Waals surface area (Å²) in [5, 5.41) is 21.1. The molecular formula is C17H19N4O6+. The molecule has 1 aromatic carbocycles. The highest BCUT2D eigenvalue weighted by molar-refractivity contribution is 5.61. The fourth-order valence-corrected chi connectivity index (χ4v) is 3.18. The van der Waals surface area contributed by atoms with Gasteiger partial charge in [-0.2, -0.15) is 4.58 Å². The molecule has 0 saturated heterocycles. The predicted octanol–water partition coefficient (Wildman–Crippen LogP) is 0.790. The third-order valence-corrected chi connectivity index (χ3v) is 4.26. The van der Waals surface area contributed by atoms with Crippen molar-refractivity contribution in [3.8, 4) is 5.88 Å². The number of aromatic amines is 2. The van der Waals surface area contributed by atoms with Gasteiger partial charge < -0.3 is 9.84 Å². The summed E-state index contributed by atoms with van der Waals surface area (Å²) in [7, 11) is 0. The summed E-state index contributed by atoms with van der Waals surface area (Å²) in [6.07, 6.45) is 1.55. The van der Waals surface area contributed by atoms with Crippen molar-refractivity contribution in [1.29, 1.82) is 0 Å². The van der Waals surface area contributed by atoms with Gasteiger partial charge in [-0.15, -0.1) is 0 Å². The number of hydrogen-bond acceptors (Lipinski definition) is 6. The lowest BCUT2D eigenvalue weighted by atomic mass is 10.0. The Bertz CT molecular complexity index is 1040. The Morgan fingerprint density at radius 2 is 2.07 bits per heavy atom. The van der Waals surface area contributed by atoms with Crippen molar-refractivity contribution >= 4 is 17.6 Å². The Hall–Kier alpha value is -3.27. The van der Waals surface area contributed by atoms with E-state index in [-0.39, 0.29) is 29.9 Å². The Kier molecular flexibility index (Phi) is 4.91. The number of benzene rings is 1. The monoisotopic (exact) mass is 375 g/mol. The fourth-order valence-electron chi connectivity index (χ4n) is 3.18. The maximum atomic E-state index is 12.1. The molecule has 2 aromatic rings. The van der Waals surface area contributed by atoms with Gasteiger partial charge in [-0.1, -0.05) is 0 Å². The summed E-state index contributed by atoms with van der Waals surface area (Å²) >= 11 is 0. The number of nitrogens with zero attached hydrogens (tertiary/aromatic N) is 2. The van der Waals surface area contributed by atoms with E-state index < -0.39 is 22.1 Å². The minimum atomic E-state index is -0.829. The molecule has 2 heterocycles. The molecule has 1 aromatic heterocycles. The first-order valence-corrected chi connectivity index (χ1v) is 8.33. The minimum Gasteiger partial charge on any atom is -0.494 e. The molecule has 0 saturated carbocycles. The number of non-ortho nitro benzene ring substituents is 1. The number of hydrogen-bond donors (Lipinski definition) is 3. The van der Waals surface area contributed by atoms with Crippen LogP contribution in [0.3, 0.4) is 0 Å². The summed E-state index contributed by atoms with van der Waals surface area (Å²) in [5.41, 5.74) is -0.664. The van der Waals surface area contributed by atoms with E-state index in [0.717, 1.165) is 0 Å². The number of rotatable bonds is 4. The SMILES string of the molecule is C[C@@H]1C=[N+](c2ccc([N+](=O)[O-])cc2Cc2c(O)[nH]c(=O)[nH]c2=O)C[C@@H](C)O1. The van der Waals surface area contributed by atoms with Gasteiger partial charge >= 0.3 is 5.69 Å². The third kappa shape index (κ3) is 3.95. The molecule has 0 fully saturated rings. The van der Waals surface area contributed by atoms with Crippen LogP contribution in [0.4, 0.5) is 11.4 Å².